The number of hydrogen-bond donors (Lipinski definition) is 2. The number of benzene rings is 3. The van der Waals surface area contributed by atoms with E-state index in [1.807, 2.05) is 0 Å². The highest BCUT2D eigenvalue weighted by atomic mass is 79.9. The molecule has 2 N–H and O–H groups in total. The van der Waals surface area contributed by atoms with Crippen LogP contribution in [0.15, 0.2) is 82.4 Å². The summed E-state index contributed by atoms with van der Waals surface area (Å²) < 4.78 is 11.4. The van der Waals surface area contributed by atoms with E-state index < -0.39 is 17.8 Å². The van der Waals surface area contributed by atoms with Crippen molar-refractivity contribution in [1.82, 2.24) is 5.43 Å². The standard InChI is InChI=1S/C24H20BrN3O5/c1-15(27-28-23(30)22(29)26-18-11-9-17(25)10-12-18)16-7-13-19(14-8-16)33-24(31)20-5-3-4-6-21(20)32-2/h3-14H,1-2H3,(H,26,29)(H,28,30)/b27-15+. The molecule has 3 aromatic carbocycles. The van der Waals surface area contributed by atoms with Gasteiger partial charge >= 0.3 is 17.8 Å². The fourth-order valence-electron chi connectivity index (χ4n) is 2.71. The zero-order valence-electron chi connectivity index (χ0n) is 17.8. The zero-order chi connectivity index (χ0) is 23.8. The molecule has 0 atom stereocenters. The van der Waals surface area contributed by atoms with Crippen molar-refractivity contribution in [3.8, 4) is 11.5 Å². The fraction of sp³-hybridized carbons (Fsp3) is 0.0833. The second-order valence-corrected chi connectivity index (χ2v) is 7.63. The largest absolute Gasteiger partial charge is 0.496 e. The van der Waals surface area contributed by atoms with E-state index in [0.717, 1.165) is 4.47 Å². The molecule has 0 saturated heterocycles. The van der Waals surface area contributed by atoms with Crippen LogP contribution in [0.25, 0.3) is 0 Å². The number of nitrogens with zero attached hydrogens (tertiary/aromatic N) is 1. The number of hydrogen-bond acceptors (Lipinski definition) is 6. The summed E-state index contributed by atoms with van der Waals surface area (Å²) in [4.78, 5) is 36.4. The summed E-state index contributed by atoms with van der Waals surface area (Å²) in [5.74, 6) is -1.54. The number of para-hydroxylation sites is 1. The van der Waals surface area contributed by atoms with E-state index in [4.69, 9.17) is 9.47 Å². The first-order valence-corrected chi connectivity index (χ1v) is 10.5. The lowest BCUT2D eigenvalue weighted by Crippen LogP contribution is -2.32. The van der Waals surface area contributed by atoms with Crippen LogP contribution in [0.3, 0.4) is 0 Å². The highest BCUT2D eigenvalue weighted by molar-refractivity contribution is 9.10. The summed E-state index contributed by atoms with van der Waals surface area (Å²) in [5, 5.41) is 6.44. The molecule has 0 heterocycles. The third kappa shape index (κ3) is 6.50. The number of esters is 1. The minimum atomic E-state index is -0.903. The predicted octanol–water partition coefficient (Wildman–Crippen LogP) is 4.16. The van der Waals surface area contributed by atoms with E-state index in [2.05, 4.69) is 31.8 Å². The Labute approximate surface area is 198 Å². The summed E-state index contributed by atoms with van der Waals surface area (Å²) >= 11 is 3.30. The van der Waals surface area contributed by atoms with Gasteiger partial charge < -0.3 is 14.8 Å². The van der Waals surface area contributed by atoms with Crippen molar-refractivity contribution in [3.63, 3.8) is 0 Å². The van der Waals surface area contributed by atoms with Crippen LogP contribution in [0.1, 0.15) is 22.8 Å². The quantitative estimate of drug-likeness (QED) is 0.170. The molecule has 2 amide bonds. The fourth-order valence-corrected chi connectivity index (χ4v) is 2.97. The molecule has 0 bridgehead atoms. The smallest absolute Gasteiger partial charge is 0.347 e. The van der Waals surface area contributed by atoms with Crippen molar-refractivity contribution in [3.05, 3.63) is 88.4 Å². The van der Waals surface area contributed by atoms with Crippen LogP contribution in [0, 0.1) is 0 Å². The molecule has 0 saturated carbocycles. The number of ether oxygens (including phenoxy) is 2. The monoisotopic (exact) mass is 509 g/mol. The molecule has 0 aliphatic carbocycles. The third-order valence-corrected chi connectivity index (χ3v) is 4.97. The van der Waals surface area contributed by atoms with Gasteiger partial charge in [-0.15, -0.1) is 0 Å². The van der Waals surface area contributed by atoms with Gasteiger partial charge in [0.25, 0.3) is 0 Å². The first kappa shape index (κ1) is 23.7. The lowest BCUT2D eigenvalue weighted by molar-refractivity contribution is -0.136. The van der Waals surface area contributed by atoms with Crippen LogP contribution in [0.2, 0.25) is 0 Å². The highest BCUT2D eigenvalue weighted by Crippen LogP contribution is 2.21. The maximum atomic E-state index is 12.4. The summed E-state index contributed by atoms with van der Waals surface area (Å²) in [6, 6.07) is 20.1. The molecule has 0 spiro atoms. The van der Waals surface area contributed by atoms with Crippen LogP contribution in [-0.4, -0.2) is 30.6 Å². The van der Waals surface area contributed by atoms with Gasteiger partial charge in [-0.2, -0.15) is 5.10 Å². The van der Waals surface area contributed by atoms with Gasteiger partial charge in [-0.05, 0) is 73.2 Å². The van der Waals surface area contributed by atoms with Crippen LogP contribution >= 0.6 is 15.9 Å². The second-order valence-electron chi connectivity index (χ2n) is 6.71. The molecule has 3 aromatic rings. The number of carbonyl (C=O) groups is 3. The van der Waals surface area contributed by atoms with E-state index >= 15 is 0 Å². The molecular formula is C24H20BrN3O5. The Morgan fingerprint density at radius 3 is 2.21 bits per heavy atom. The van der Waals surface area contributed by atoms with Crippen molar-refractivity contribution in [1.29, 1.82) is 0 Å². The van der Waals surface area contributed by atoms with Gasteiger partial charge in [0.05, 0.1) is 12.8 Å². The number of anilines is 1. The maximum absolute atomic E-state index is 12.4. The van der Waals surface area contributed by atoms with E-state index in [9.17, 15) is 14.4 Å². The van der Waals surface area contributed by atoms with Gasteiger partial charge in [0.1, 0.15) is 17.1 Å². The van der Waals surface area contributed by atoms with Gasteiger partial charge in [0, 0.05) is 10.2 Å². The van der Waals surface area contributed by atoms with Crippen LogP contribution in [-0.2, 0) is 9.59 Å². The van der Waals surface area contributed by atoms with Gasteiger partial charge in [0.15, 0.2) is 0 Å². The predicted molar refractivity (Wildman–Crippen MR) is 128 cm³/mol. The van der Waals surface area contributed by atoms with E-state index in [-0.39, 0.29) is 0 Å². The molecule has 0 unspecified atom stereocenters. The van der Waals surface area contributed by atoms with Crippen LogP contribution < -0.4 is 20.2 Å². The van der Waals surface area contributed by atoms with Crippen molar-refractivity contribution in [2.75, 3.05) is 12.4 Å². The van der Waals surface area contributed by atoms with Crippen molar-refractivity contribution < 1.29 is 23.9 Å². The first-order valence-electron chi connectivity index (χ1n) is 9.74. The number of methoxy groups -OCH3 is 1. The van der Waals surface area contributed by atoms with Gasteiger partial charge in [-0.3, -0.25) is 9.59 Å². The molecule has 0 fully saturated rings. The normalized spacial score (nSPS) is 10.8. The Bertz CT molecular complexity index is 1190. The number of nitrogens with one attached hydrogen (secondary N) is 2. The van der Waals surface area contributed by atoms with E-state index in [1.54, 1.807) is 79.7 Å². The zero-order valence-corrected chi connectivity index (χ0v) is 19.4. The Morgan fingerprint density at radius 2 is 1.55 bits per heavy atom. The molecule has 8 nitrogen and oxygen atoms in total. The molecule has 0 aliphatic heterocycles. The van der Waals surface area contributed by atoms with Crippen molar-refractivity contribution >= 4 is 45.1 Å². The molecule has 3 rings (SSSR count). The Balaban J connectivity index is 1.58. The molecule has 168 valence electrons. The van der Waals surface area contributed by atoms with Crippen molar-refractivity contribution in [2.45, 2.75) is 6.92 Å². The van der Waals surface area contributed by atoms with E-state index in [1.165, 1.54) is 7.11 Å². The SMILES string of the molecule is COc1ccccc1C(=O)Oc1ccc(/C(C)=N/NC(=O)C(=O)Nc2ccc(Br)cc2)cc1. The Kier molecular flexibility index (Phi) is 7.93. The molecule has 0 radical (unpaired) electrons. The number of hydrazone groups is 1. The lowest BCUT2D eigenvalue weighted by Gasteiger charge is -2.09. The van der Waals surface area contributed by atoms with Gasteiger partial charge in [-0.25, -0.2) is 10.2 Å². The second kappa shape index (κ2) is 11.1. The molecular weight excluding hydrogens is 490 g/mol. The van der Waals surface area contributed by atoms with E-state index in [0.29, 0.717) is 34.0 Å². The van der Waals surface area contributed by atoms with Crippen LogP contribution in [0.5, 0.6) is 11.5 Å². The number of amides is 2. The summed E-state index contributed by atoms with van der Waals surface area (Å²) in [6.07, 6.45) is 0. The first-order chi connectivity index (χ1) is 15.9. The molecule has 33 heavy (non-hydrogen) atoms. The summed E-state index contributed by atoms with van der Waals surface area (Å²) in [5.41, 5.74) is 4.14. The molecule has 9 heteroatoms. The third-order valence-electron chi connectivity index (χ3n) is 4.44. The highest BCUT2D eigenvalue weighted by Gasteiger charge is 2.15. The topological polar surface area (TPSA) is 106 Å². The lowest BCUT2D eigenvalue weighted by atomic mass is 10.1. The number of rotatable bonds is 6. The summed E-state index contributed by atoms with van der Waals surface area (Å²) in [6.45, 7) is 1.67. The minimum Gasteiger partial charge on any atom is -0.496 e. The minimum absolute atomic E-state index is 0.311. The maximum Gasteiger partial charge on any atom is 0.347 e. The van der Waals surface area contributed by atoms with Crippen LogP contribution in [0.4, 0.5) is 5.69 Å². The number of carbonyl (C=O) groups excluding carboxylic acids is 3. The van der Waals surface area contributed by atoms with Gasteiger partial charge in [0.2, 0.25) is 0 Å². The molecule has 0 aromatic heterocycles. The van der Waals surface area contributed by atoms with Crippen molar-refractivity contribution in [2.24, 2.45) is 5.10 Å². The average Bonchev–Trinajstić information content (AvgIpc) is 2.84. The molecule has 0 aliphatic rings. The van der Waals surface area contributed by atoms with Gasteiger partial charge in [-0.1, -0.05) is 28.1 Å². The Hall–Kier alpha value is -3.98. The summed E-state index contributed by atoms with van der Waals surface area (Å²) in [7, 11) is 1.48. The number of halogens is 1. The Morgan fingerprint density at radius 1 is 0.879 bits per heavy atom. The average molecular weight is 510 g/mol.